The minimum atomic E-state index is 0.657. The van der Waals surface area contributed by atoms with Crippen LogP contribution < -0.4 is 0 Å². The molecule has 566 valence electrons. The summed E-state index contributed by atoms with van der Waals surface area (Å²) in [5.74, 6) is 0.657. The van der Waals surface area contributed by atoms with Gasteiger partial charge in [-0.1, -0.05) is 322 Å². The molecule has 25 rings (SSSR count). The second-order valence-corrected chi connectivity index (χ2v) is 32.1. The highest BCUT2D eigenvalue weighted by atomic mass is 15.0. The Labute approximate surface area is 702 Å². The van der Waals surface area contributed by atoms with Crippen LogP contribution in [0.25, 0.3) is 243 Å². The Morgan fingerprint density at radius 3 is 1.25 bits per heavy atom. The van der Waals surface area contributed by atoms with E-state index in [9.17, 15) is 0 Å². The molecule has 6 heterocycles. The molecule has 19 aromatic carbocycles. The standard InChI is InChI=1S/C115H71N7/c1-2-27-73(28-3-1)87-43-10-11-44-91(87)101-70-83(69-100(116-101)81-37-21-39-84(67-81)119-107-53-18-14-47-98(107)111-109(119)62-60-96-94-45-12-16-51-105(94)121(113(96)111)86-58-56-72-26-4-5-31-78(72)66-86)77-35-20-34-76(64-77)79-57-59-90-80(65-79)36-25-55-104(90)122-106-52-17-13-46-95(106)97-61-63-110-112(114(97)122)99-48-15-19-54-108(99)120(110)85-40-22-38-82(68-85)115-117-102(92-49-23-32-74-29-6-8-41-88(74)92)71-103(118-115)93-50-24-33-75-30-7-9-42-89(75)93/h1-71H. The zero-order chi connectivity index (χ0) is 80.0. The maximum Gasteiger partial charge on any atom is 0.160 e. The molecule has 0 radical (unpaired) electrons. The Kier molecular flexibility index (Phi) is 15.6. The van der Waals surface area contributed by atoms with Crippen LogP contribution in [0.2, 0.25) is 0 Å². The summed E-state index contributed by atoms with van der Waals surface area (Å²) in [4.78, 5) is 16.7. The van der Waals surface area contributed by atoms with Gasteiger partial charge in [-0.05, 0) is 180 Å². The van der Waals surface area contributed by atoms with Crippen LogP contribution in [-0.2, 0) is 0 Å². The molecule has 0 saturated heterocycles. The Bertz CT molecular complexity index is 8560. The SMILES string of the molecule is c1ccc(-c2ccccc2-c2cc(-c3cccc(-c4ccc5c(-n6c7ccccc7c7ccc8c(c9ccccc9n8-c8cccc(-c9nc(-c%10cccc%11ccccc%10%11)cc(-c%10cccc%11ccccc%10%11)n9)c8)c76)cccc5c4)c3)cc(-c3cccc(-n4c5ccccc5c5c4ccc4c6ccccc6n(-c6ccc7ccccc7c6)c45)c3)n2)cc1. The van der Waals surface area contributed by atoms with Crippen molar-refractivity contribution in [2.24, 2.45) is 0 Å². The molecule has 25 aromatic rings. The third-order valence-corrected chi connectivity index (χ3v) is 25.3. The second-order valence-electron chi connectivity index (χ2n) is 32.1. The lowest BCUT2D eigenvalue weighted by molar-refractivity contribution is 1.16. The largest absolute Gasteiger partial charge is 0.309 e. The van der Waals surface area contributed by atoms with Crippen molar-refractivity contribution in [2.75, 3.05) is 0 Å². The summed E-state index contributed by atoms with van der Waals surface area (Å²) in [5, 5.41) is 18.9. The Morgan fingerprint density at radius 1 is 0.164 bits per heavy atom. The van der Waals surface area contributed by atoms with E-state index in [1.165, 1.54) is 64.9 Å². The van der Waals surface area contributed by atoms with Crippen LogP contribution in [0.1, 0.15) is 0 Å². The van der Waals surface area contributed by atoms with E-state index in [1.807, 2.05) is 0 Å². The van der Waals surface area contributed by atoms with Crippen molar-refractivity contribution in [1.29, 1.82) is 0 Å². The molecular weight excluding hydrogens is 1480 g/mol. The molecule has 0 aliphatic rings. The number of fused-ring (bicyclic) bond motifs is 18. The molecule has 7 nitrogen and oxygen atoms in total. The maximum absolute atomic E-state index is 5.72. The summed E-state index contributed by atoms with van der Waals surface area (Å²) in [5.41, 5.74) is 28.8. The lowest BCUT2D eigenvalue weighted by Gasteiger charge is -2.16. The van der Waals surface area contributed by atoms with Gasteiger partial charge in [-0.15, -0.1) is 0 Å². The molecule has 0 atom stereocenters. The Hall–Kier alpha value is -16.4. The highest BCUT2D eigenvalue weighted by Gasteiger charge is 2.26. The number of rotatable bonds is 12. The number of nitrogens with zero attached hydrogens (tertiary/aromatic N) is 7. The summed E-state index contributed by atoms with van der Waals surface area (Å²) in [6.07, 6.45) is 0. The maximum atomic E-state index is 5.72. The van der Waals surface area contributed by atoms with Gasteiger partial charge in [0.05, 0.1) is 72.6 Å². The fourth-order valence-corrected chi connectivity index (χ4v) is 19.8. The average Bonchev–Trinajstić information content (AvgIpc) is 1.55. The molecule has 0 unspecified atom stereocenters. The summed E-state index contributed by atoms with van der Waals surface area (Å²) >= 11 is 0. The monoisotopic (exact) mass is 1550 g/mol. The van der Waals surface area contributed by atoms with E-state index in [4.69, 9.17) is 15.0 Å². The molecule has 0 spiro atoms. The van der Waals surface area contributed by atoms with Crippen LogP contribution >= 0.6 is 0 Å². The summed E-state index contributed by atoms with van der Waals surface area (Å²) < 4.78 is 9.91. The van der Waals surface area contributed by atoms with Gasteiger partial charge in [0.25, 0.3) is 0 Å². The molecule has 0 N–H and O–H groups in total. The number of aromatic nitrogens is 7. The van der Waals surface area contributed by atoms with E-state index >= 15 is 0 Å². The van der Waals surface area contributed by atoms with Gasteiger partial charge in [0.1, 0.15) is 0 Å². The van der Waals surface area contributed by atoms with Crippen LogP contribution in [0.15, 0.2) is 431 Å². The number of para-hydroxylation sites is 4. The summed E-state index contributed by atoms with van der Waals surface area (Å²) in [6, 6.07) is 157. The van der Waals surface area contributed by atoms with Crippen molar-refractivity contribution in [3.63, 3.8) is 0 Å². The van der Waals surface area contributed by atoms with Crippen molar-refractivity contribution in [1.82, 2.24) is 33.2 Å². The highest BCUT2D eigenvalue weighted by molar-refractivity contribution is 6.28. The van der Waals surface area contributed by atoms with Gasteiger partial charge in [-0.25, -0.2) is 15.0 Å². The van der Waals surface area contributed by atoms with Gasteiger partial charge >= 0.3 is 0 Å². The van der Waals surface area contributed by atoms with E-state index in [1.54, 1.807) is 0 Å². The van der Waals surface area contributed by atoms with Gasteiger partial charge < -0.3 is 18.3 Å². The predicted molar refractivity (Wildman–Crippen MR) is 511 cm³/mol. The predicted octanol–water partition coefficient (Wildman–Crippen LogP) is 30.2. The van der Waals surface area contributed by atoms with Crippen molar-refractivity contribution in [3.05, 3.63) is 431 Å². The first-order chi connectivity index (χ1) is 60.5. The van der Waals surface area contributed by atoms with Crippen LogP contribution in [0.3, 0.4) is 0 Å². The normalized spacial score (nSPS) is 11.9. The Morgan fingerprint density at radius 2 is 0.590 bits per heavy atom. The summed E-state index contributed by atoms with van der Waals surface area (Å²) in [6.45, 7) is 0. The lowest BCUT2D eigenvalue weighted by Crippen LogP contribution is -1.99. The minimum Gasteiger partial charge on any atom is -0.309 e. The van der Waals surface area contributed by atoms with Crippen LogP contribution in [0.4, 0.5) is 0 Å². The second kappa shape index (κ2) is 27.6. The van der Waals surface area contributed by atoms with E-state index in [-0.39, 0.29) is 0 Å². The molecule has 0 bridgehead atoms. The number of pyridine rings is 1. The topological polar surface area (TPSA) is 58.4 Å². The fraction of sp³-hybridized carbons (Fsp3) is 0. The number of benzene rings is 19. The lowest BCUT2D eigenvalue weighted by atomic mass is 9.93. The van der Waals surface area contributed by atoms with Crippen LogP contribution in [0, 0.1) is 0 Å². The molecule has 0 fully saturated rings. The average molecular weight is 1550 g/mol. The number of hydrogen-bond acceptors (Lipinski definition) is 3. The minimum absolute atomic E-state index is 0.657. The van der Waals surface area contributed by atoms with Gasteiger partial charge in [0.2, 0.25) is 0 Å². The first kappa shape index (κ1) is 68.8. The molecule has 6 aromatic heterocycles. The third kappa shape index (κ3) is 11.0. The highest BCUT2D eigenvalue weighted by Crippen LogP contribution is 2.48. The van der Waals surface area contributed by atoms with E-state index in [2.05, 4.69) is 449 Å². The third-order valence-electron chi connectivity index (χ3n) is 25.3. The van der Waals surface area contributed by atoms with Crippen molar-refractivity contribution in [3.8, 4) is 113 Å². The molecule has 0 aliphatic carbocycles. The smallest absolute Gasteiger partial charge is 0.160 e. The van der Waals surface area contributed by atoms with E-state index in [0.717, 1.165) is 172 Å². The van der Waals surface area contributed by atoms with Gasteiger partial charge in [-0.2, -0.15) is 0 Å². The van der Waals surface area contributed by atoms with E-state index < -0.39 is 0 Å². The first-order valence-corrected chi connectivity index (χ1v) is 41.8. The van der Waals surface area contributed by atoms with Gasteiger partial charge in [0.15, 0.2) is 5.82 Å². The molecule has 0 amide bonds. The van der Waals surface area contributed by atoms with Crippen LogP contribution in [-0.4, -0.2) is 33.2 Å². The van der Waals surface area contributed by atoms with Crippen molar-refractivity contribution in [2.45, 2.75) is 0 Å². The summed E-state index contributed by atoms with van der Waals surface area (Å²) in [7, 11) is 0. The quantitative estimate of drug-likeness (QED) is 0.122. The molecule has 0 saturated carbocycles. The molecule has 122 heavy (non-hydrogen) atoms. The van der Waals surface area contributed by atoms with Crippen LogP contribution in [0.5, 0.6) is 0 Å². The molecule has 0 aliphatic heterocycles. The Balaban J connectivity index is 0.612. The number of hydrogen-bond donors (Lipinski definition) is 0. The van der Waals surface area contributed by atoms with Crippen molar-refractivity contribution < 1.29 is 0 Å². The fourth-order valence-electron chi connectivity index (χ4n) is 19.8. The zero-order valence-corrected chi connectivity index (χ0v) is 66.1. The molecular formula is C115H71N7. The van der Waals surface area contributed by atoms with Gasteiger partial charge in [0, 0.05) is 93.4 Å². The van der Waals surface area contributed by atoms with E-state index in [0.29, 0.717) is 5.82 Å². The van der Waals surface area contributed by atoms with Crippen molar-refractivity contribution >= 4 is 130 Å². The molecule has 7 heteroatoms. The van der Waals surface area contributed by atoms with Gasteiger partial charge in [-0.3, -0.25) is 0 Å². The first-order valence-electron chi connectivity index (χ1n) is 41.8. The zero-order valence-electron chi connectivity index (χ0n) is 66.1.